The Kier molecular flexibility index (Phi) is 5.97. The van der Waals surface area contributed by atoms with E-state index in [1.165, 1.54) is 0 Å². The molecular formula is C12H25NO3. The first-order chi connectivity index (χ1) is 7.15. The van der Waals surface area contributed by atoms with Gasteiger partial charge in [0.15, 0.2) is 0 Å². The molecule has 2 unspecified atom stereocenters. The Morgan fingerprint density at radius 2 is 1.81 bits per heavy atom. The number of hydrogen-bond acceptors (Lipinski definition) is 3. The van der Waals surface area contributed by atoms with Gasteiger partial charge in [0.2, 0.25) is 0 Å². The predicted molar refractivity (Wildman–Crippen MR) is 64.3 cm³/mol. The van der Waals surface area contributed by atoms with Gasteiger partial charge in [-0.2, -0.15) is 0 Å². The van der Waals surface area contributed by atoms with Crippen LogP contribution in [0.1, 0.15) is 41.0 Å². The van der Waals surface area contributed by atoms with Crippen molar-refractivity contribution in [2.45, 2.75) is 52.7 Å². The van der Waals surface area contributed by atoms with Crippen molar-refractivity contribution in [2.75, 3.05) is 6.54 Å². The van der Waals surface area contributed by atoms with E-state index in [0.29, 0.717) is 18.9 Å². The van der Waals surface area contributed by atoms with Gasteiger partial charge in [0, 0.05) is 6.54 Å². The largest absolute Gasteiger partial charge is 0.480 e. The lowest BCUT2D eigenvalue weighted by atomic mass is 9.93. The first-order valence-electron chi connectivity index (χ1n) is 5.84. The highest BCUT2D eigenvalue weighted by Crippen LogP contribution is 2.16. The van der Waals surface area contributed by atoms with Gasteiger partial charge >= 0.3 is 5.97 Å². The number of aliphatic carboxylic acids is 1. The molecule has 0 aliphatic carbocycles. The fourth-order valence-corrected chi connectivity index (χ4v) is 1.89. The Morgan fingerprint density at radius 1 is 1.31 bits per heavy atom. The van der Waals surface area contributed by atoms with Crippen LogP contribution in [0.2, 0.25) is 0 Å². The highest BCUT2D eigenvalue weighted by atomic mass is 16.4. The molecule has 4 nitrogen and oxygen atoms in total. The van der Waals surface area contributed by atoms with Crippen LogP contribution in [-0.2, 0) is 4.79 Å². The summed E-state index contributed by atoms with van der Waals surface area (Å²) in [5, 5.41) is 21.9. The zero-order chi connectivity index (χ0) is 12.9. The van der Waals surface area contributed by atoms with Crippen LogP contribution in [-0.4, -0.2) is 34.4 Å². The second-order valence-electron chi connectivity index (χ2n) is 5.54. The summed E-state index contributed by atoms with van der Waals surface area (Å²) >= 11 is 0. The minimum atomic E-state index is -0.865. The van der Waals surface area contributed by atoms with Gasteiger partial charge in [-0.05, 0) is 25.2 Å². The SMILES string of the molecule is CC(C)CC(C)(O)CNC(C(=O)O)C(C)C. The van der Waals surface area contributed by atoms with Crippen molar-refractivity contribution in [2.24, 2.45) is 11.8 Å². The lowest BCUT2D eigenvalue weighted by Crippen LogP contribution is -2.48. The third-order valence-electron chi connectivity index (χ3n) is 2.48. The molecule has 0 aliphatic rings. The number of aliphatic hydroxyl groups is 1. The minimum absolute atomic E-state index is 0.00681. The summed E-state index contributed by atoms with van der Waals surface area (Å²) in [5.41, 5.74) is -0.850. The van der Waals surface area contributed by atoms with Crippen molar-refractivity contribution in [3.8, 4) is 0 Å². The quantitative estimate of drug-likeness (QED) is 0.621. The molecule has 96 valence electrons. The van der Waals surface area contributed by atoms with E-state index in [4.69, 9.17) is 5.11 Å². The van der Waals surface area contributed by atoms with Crippen LogP contribution < -0.4 is 5.32 Å². The second kappa shape index (κ2) is 6.21. The van der Waals surface area contributed by atoms with Gasteiger partial charge in [-0.3, -0.25) is 4.79 Å². The highest BCUT2D eigenvalue weighted by Gasteiger charge is 2.27. The maximum atomic E-state index is 10.9. The van der Waals surface area contributed by atoms with Crippen LogP contribution >= 0.6 is 0 Å². The Balaban J connectivity index is 4.24. The molecule has 0 fully saturated rings. The molecule has 2 atom stereocenters. The number of carboxylic acids is 1. The van der Waals surface area contributed by atoms with E-state index in [9.17, 15) is 9.90 Å². The maximum Gasteiger partial charge on any atom is 0.320 e. The molecule has 0 spiro atoms. The molecular weight excluding hydrogens is 206 g/mol. The summed E-state index contributed by atoms with van der Waals surface area (Å²) in [6.07, 6.45) is 0.657. The molecule has 4 heteroatoms. The van der Waals surface area contributed by atoms with E-state index in [2.05, 4.69) is 5.32 Å². The third kappa shape index (κ3) is 6.08. The molecule has 0 saturated carbocycles. The Bertz CT molecular complexity index is 224. The molecule has 3 N–H and O–H groups in total. The molecule has 0 aromatic heterocycles. The zero-order valence-corrected chi connectivity index (χ0v) is 10.9. The fourth-order valence-electron chi connectivity index (χ4n) is 1.89. The average molecular weight is 231 g/mol. The van der Waals surface area contributed by atoms with Gasteiger partial charge in [-0.25, -0.2) is 0 Å². The lowest BCUT2D eigenvalue weighted by Gasteiger charge is -2.28. The molecule has 0 saturated heterocycles. The van der Waals surface area contributed by atoms with Gasteiger partial charge in [-0.15, -0.1) is 0 Å². The fraction of sp³-hybridized carbons (Fsp3) is 0.917. The van der Waals surface area contributed by atoms with Crippen molar-refractivity contribution in [1.29, 1.82) is 0 Å². The highest BCUT2D eigenvalue weighted by molar-refractivity contribution is 5.73. The molecule has 0 radical (unpaired) electrons. The Hall–Kier alpha value is -0.610. The van der Waals surface area contributed by atoms with Crippen LogP contribution in [0.3, 0.4) is 0 Å². The first-order valence-corrected chi connectivity index (χ1v) is 5.84. The summed E-state index contributed by atoms with van der Waals surface area (Å²) < 4.78 is 0. The topological polar surface area (TPSA) is 69.6 Å². The first kappa shape index (κ1) is 15.4. The molecule has 0 aromatic rings. The standard InChI is InChI=1S/C12H25NO3/c1-8(2)6-12(5,16)7-13-10(9(3)4)11(14)15/h8-10,13,16H,6-7H2,1-5H3,(H,14,15). The number of rotatable bonds is 7. The number of carbonyl (C=O) groups is 1. The van der Waals surface area contributed by atoms with Crippen molar-refractivity contribution in [1.82, 2.24) is 5.32 Å². The number of hydrogen-bond donors (Lipinski definition) is 3. The summed E-state index contributed by atoms with van der Waals surface area (Å²) in [6, 6.07) is -0.598. The molecule has 0 amide bonds. The Labute approximate surface area is 98.1 Å². The van der Waals surface area contributed by atoms with Crippen molar-refractivity contribution < 1.29 is 15.0 Å². The van der Waals surface area contributed by atoms with Crippen molar-refractivity contribution in [3.63, 3.8) is 0 Å². The van der Waals surface area contributed by atoms with Gasteiger partial charge in [0.25, 0.3) is 0 Å². The smallest absolute Gasteiger partial charge is 0.320 e. The summed E-state index contributed by atoms with van der Waals surface area (Å²) in [5.74, 6) is -0.471. The van der Waals surface area contributed by atoms with E-state index in [-0.39, 0.29) is 5.92 Å². The van der Waals surface area contributed by atoms with Crippen LogP contribution in [0.15, 0.2) is 0 Å². The predicted octanol–water partition coefficient (Wildman–Crippen LogP) is 1.48. The van der Waals surface area contributed by atoms with E-state index < -0.39 is 17.6 Å². The summed E-state index contributed by atoms with van der Waals surface area (Å²) in [6.45, 7) is 9.81. The zero-order valence-electron chi connectivity index (χ0n) is 10.9. The molecule has 0 aliphatic heterocycles. The van der Waals surface area contributed by atoms with Crippen LogP contribution in [0.25, 0.3) is 0 Å². The third-order valence-corrected chi connectivity index (χ3v) is 2.48. The van der Waals surface area contributed by atoms with E-state index in [0.717, 1.165) is 0 Å². The minimum Gasteiger partial charge on any atom is -0.480 e. The van der Waals surface area contributed by atoms with Crippen LogP contribution in [0.4, 0.5) is 0 Å². The average Bonchev–Trinajstić information content (AvgIpc) is 1.99. The maximum absolute atomic E-state index is 10.9. The van der Waals surface area contributed by atoms with E-state index in [1.54, 1.807) is 6.92 Å². The molecule has 0 rings (SSSR count). The molecule has 0 bridgehead atoms. The monoisotopic (exact) mass is 231 g/mol. The van der Waals surface area contributed by atoms with Gasteiger partial charge < -0.3 is 15.5 Å². The summed E-state index contributed by atoms with van der Waals surface area (Å²) in [7, 11) is 0. The van der Waals surface area contributed by atoms with Gasteiger partial charge in [0.05, 0.1) is 5.60 Å². The van der Waals surface area contributed by atoms with Crippen molar-refractivity contribution >= 4 is 5.97 Å². The van der Waals surface area contributed by atoms with Gasteiger partial charge in [0.1, 0.15) is 6.04 Å². The molecule has 16 heavy (non-hydrogen) atoms. The second-order valence-corrected chi connectivity index (χ2v) is 5.54. The van der Waals surface area contributed by atoms with E-state index >= 15 is 0 Å². The Morgan fingerprint density at radius 3 is 2.12 bits per heavy atom. The number of carboxylic acid groups (broad SMARTS) is 1. The normalized spacial score (nSPS) is 17.5. The van der Waals surface area contributed by atoms with Crippen molar-refractivity contribution in [3.05, 3.63) is 0 Å². The lowest BCUT2D eigenvalue weighted by molar-refractivity contribution is -0.140. The van der Waals surface area contributed by atoms with Crippen LogP contribution in [0.5, 0.6) is 0 Å². The number of nitrogens with one attached hydrogen (secondary N) is 1. The summed E-state index contributed by atoms with van der Waals surface area (Å²) in [4.78, 5) is 10.9. The van der Waals surface area contributed by atoms with E-state index in [1.807, 2.05) is 27.7 Å². The van der Waals surface area contributed by atoms with Crippen LogP contribution in [0, 0.1) is 11.8 Å². The molecule has 0 heterocycles. The molecule has 0 aromatic carbocycles. The van der Waals surface area contributed by atoms with Gasteiger partial charge in [-0.1, -0.05) is 27.7 Å².